The van der Waals surface area contributed by atoms with Gasteiger partial charge in [0.2, 0.25) is 11.8 Å². The minimum absolute atomic E-state index is 0.00714. The number of rotatable bonds is 11. The first-order valence-corrected chi connectivity index (χ1v) is 23.2. The second-order valence-electron chi connectivity index (χ2n) is 18.5. The highest BCUT2D eigenvalue weighted by molar-refractivity contribution is 5.85. The number of imidazole rings is 2. The molecule has 1 aliphatic carbocycles. The lowest BCUT2D eigenvalue weighted by Gasteiger charge is -2.39. The van der Waals surface area contributed by atoms with Gasteiger partial charge in [0.05, 0.1) is 35.9 Å². The van der Waals surface area contributed by atoms with Crippen molar-refractivity contribution in [3.05, 3.63) is 144 Å². The number of carbonyl (C=O) groups is 2. The van der Waals surface area contributed by atoms with E-state index in [0.717, 1.165) is 88.5 Å². The predicted molar refractivity (Wildman–Crippen MR) is 242 cm³/mol. The molecule has 2 N–H and O–H groups in total. The number of halogens is 2. The number of nitrogens with one attached hydrogen (secondary N) is 2. The van der Waals surface area contributed by atoms with Crippen molar-refractivity contribution in [3.8, 4) is 33.6 Å². The minimum Gasteiger partial charge on any atom is -0.340 e. The van der Waals surface area contributed by atoms with Crippen molar-refractivity contribution in [2.75, 3.05) is 32.7 Å². The molecule has 10 nitrogen and oxygen atoms in total. The van der Waals surface area contributed by atoms with Crippen LogP contribution in [0.15, 0.2) is 122 Å². The van der Waals surface area contributed by atoms with Gasteiger partial charge in [0.1, 0.15) is 36.1 Å². The fourth-order valence-electron chi connectivity index (χ4n) is 11.5. The molecule has 11 rings (SSSR count). The largest absolute Gasteiger partial charge is 0.340 e. The van der Waals surface area contributed by atoms with Gasteiger partial charge in [-0.15, -0.1) is 0 Å². The average molecular weight is 861 g/mol. The van der Waals surface area contributed by atoms with Crippen LogP contribution >= 0.6 is 0 Å². The molecule has 4 aromatic carbocycles. The monoisotopic (exact) mass is 860 g/mol. The Morgan fingerprint density at radius 3 is 1.64 bits per heavy atom. The quantitative estimate of drug-likeness (QED) is 0.135. The Kier molecular flexibility index (Phi) is 11.0. The summed E-state index contributed by atoms with van der Waals surface area (Å²) >= 11 is 0. The van der Waals surface area contributed by atoms with Crippen LogP contribution in [-0.2, 0) is 9.59 Å². The van der Waals surface area contributed by atoms with Crippen molar-refractivity contribution in [1.29, 1.82) is 0 Å². The third kappa shape index (κ3) is 7.64. The Morgan fingerprint density at radius 1 is 0.578 bits per heavy atom. The molecule has 64 heavy (non-hydrogen) atoms. The summed E-state index contributed by atoms with van der Waals surface area (Å²) in [4.78, 5) is 53.8. The predicted octanol–water partition coefficient (Wildman–Crippen LogP) is 9.42. The van der Waals surface area contributed by atoms with Gasteiger partial charge in [0.15, 0.2) is 0 Å². The van der Waals surface area contributed by atoms with Crippen LogP contribution in [0.25, 0.3) is 33.6 Å². The van der Waals surface area contributed by atoms with E-state index in [1.807, 2.05) is 87.8 Å². The SMILES string of the molecule is O=C([C@H](c1ccccc1)N1CC[C@H](F)C1)N1CCC[C@H]1c1ncc(-c2ccc(-c3ccc(-c4cnc([C@H]5[C@H]6CC[C@@H](C6)N5C(=O)[C@@H](c5ccccc5)N5CC[C@H](F)C5)[nH]4)cc3)cc2)[nH]1. The summed E-state index contributed by atoms with van der Waals surface area (Å²) in [5.41, 5.74) is 7.79. The van der Waals surface area contributed by atoms with Crippen molar-refractivity contribution < 1.29 is 18.4 Å². The maximum atomic E-state index is 14.7. The number of H-pyrrole nitrogens is 2. The number of amides is 2. The number of benzene rings is 4. The number of nitrogens with zero attached hydrogens (tertiary/aromatic N) is 6. The molecule has 5 aliphatic rings. The number of carbonyl (C=O) groups excluding carboxylic acids is 2. The fraction of sp³-hybridized carbons (Fsp3) is 0.385. The van der Waals surface area contributed by atoms with Crippen molar-refractivity contribution in [1.82, 2.24) is 39.5 Å². The first-order valence-electron chi connectivity index (χ1n) is 23.2. The van der Waals surface area contributed by atoms with Gasteiger partial charge in [-0.3, -0.25) is 19.4 Å². The lowest BCUT2D eigenvalue weighted by atomic mass is 9.96. The Hall–Kier alpha value is -5.98. The molecule has 4 aliphatic heterocycles. The molecule has 0 unspecified atom stereocenters. The molecule has 1 saturated carbocycles. The molecule has 12 heteroatoms. The van der Waals surface area contributed by atoms with Crippen molar-refractivity contribution >= 4 is 11.8 Å². The number of hydrogen-bond acceptors (Lipinski definition) is 6. The molecular formula is C52H54F2N8O2. The number of piperidine rings is 1. The summed E-state index contributed by atoms with van der Waals surface area (Å²) in [6.45, 7) is 2.32. The molecule has 5 fully saturated rings. The van der Waals surface area contributed by atoms with Gasteiger partial charge in [-0.25, -0.2) is 18.7 Å². The number of fused-ring (bicyclic) bond motifs is 2. The van der Waals surface area contributed by atoms with Crippen LogP contribution in [0, 0.1) is 5.92 Å². The lowest BCUT2D eigenvalue weighted by molar-refractivity contribution is -0.142. The average Bonchev–Trinajstić information content (AvgIpc) is 4.19. The van der Waals surface area contributed by atoms with Crippen LogP contribution in [0.4, 0.5) is 8.78 Å². The highest BCUT2D eigenvalue weighted by Gasteiger charge is 2.52. The van der Waals surface area contributed by atoms with Crippen molar-refractivity contribution in [2.24, 2.45) is 5.92 Å². The van der Waals surface area contributed by atoms with Gasteiger partial charge < -0.3 is 19.8 Å². The number of alkyl halides is 2. The zero-order chi connectivity index (χ0) is 43.3. The summed E-state index contributed by atoms with van der Waals surface area (Å²) in [7, 11) is 0. The topological polar surface area (TPSA) is 104 Å². The van der Waals surface area contributed by atoms with Gasteiger partial charge in [-0.1, -0.05) is 109 Å². The number of aromatic amines is 2. The molecule has 328 valence electrons. The second-order valence-corrected chi connectivity index (χ2v) is 18.5. The van der Waals surface area contributed by atoms with E-state index in [1.165, 1.54) is 0 Å². The Bertz CT molecular complexity index is 2580. The van der Waals surface area contributed by atoms with E-state index in [4.69, 9.17) is 9.97 Å². The minimum atomic E-state index is -0.915. The molecule has 6 heterocycles. The first-order chi connectivity index (χ1) is 31.4. The van der Waals surface area contributed by atoms with E-state index in [9.17, 15) is 18.4 Å². The van der Waals surface area contributed by atoms with Gasteiger partial charge in [-0.05, 0) is 84.2 Å². The van der Waals surface area contributed by atoms with E-state index < -0.39 is 24.4 Å². The van der Waals surface area contributed by atoms with Crippen LogP contribution in [0.1, 0.15) is 91.9 Å². The van der Waals surface area contributed by atoms with E-state index in [-0.39, 0.29) is 43.0 Å². The maximum absolute atomic E-state index is 14.7. The normalized spacial score (nSPS) is 25.7. The Balaban J connectivity index is 0.773. The molecule has 2 aromatic heterocycles. The summed E-state index contributed by atoms with van der Waals surface area (Å²) in [6.07, 6.45) is 7.52. The highest BCUT2D eigenvalue weighted by Crippen LogP contribution is 2.51. The van der Waals surface area contributed by atoms with E-state index >= 15 is 0 Å². The third-order valence-electron chi connectivity index (χ3n) is 14.6. The number of aromatic nitrogens is 4. The smallest absolute Gasteiger partial charge is 0.245 e. The van der Waals surface area contributed by atoms with Gasteiger partial charge in [-0.2, -0.15) is 0 Å². The highest BCUT2D eigenvalue weighted by atomic mass is 19.1. The summed E-state index contributed by atoms with van der Waals surface area (Å²) in [5.74, 6) is 1.98. The van der Waals surface area contributed by atoms with Crippen LogP contribution in [0.5, 0.6) is 0 Å². The molecule has 2 bridgehead atoms. The van der Waals surface area contributed by atoms with E-state index in [1.54, 1.807) is 0 Å². The molecule has 0 radical (unpaired) electrons. The molecule has 4 saturated heterocycles. The van der Waals surface area contributed by atoms with Gasteiger partial charge in [0.25, 0.3) is 0 Å². The fourth-order valence-corrected chi connectivity index (χ4v) is 11.5. The molecule has 0 spiro atoms. The van der Waals surface area contributed by atoms with E-state index in [0.29, 0.717) is 38.4 Å². The van der Waals surface area contributed by atoms with Crippen LogP contribution in [-0.4, -0.2) is 102 Å². The van der Waals surface area contributed by atoms with Crippen LogP contribution < -0.4 is 0 Å². The molecule has 2 amide bonds. The molecule has 8 atom stereocenters. The standard InChI is InChI=1S/C52H54F2N8O2/c53-40-23-26-59(31-40)47(37-8-3-1-4-9-37)51(63)61-25-7-12-45(61)49-55-29-43(57-49)35-17-13-33(14-18-35)34-15-19-36(20-16-34)44-30-56-50(58-44)46-39-21-22-42(28-39)62(46)52(64)48(38-10-5-2-6-11-38)60-27-24-41(54)32-60/h1-6,8-11,13-20,29-30,39-42,45-48H,7,12,21-28,31-32H2,(H,55,57)(H,56,58)/t39-,40-,41-,42-,45-,46+,47-,48+/m0/s1. The molecule has 6 aromatic rings. The lowest BCUT2D eigenvalue weighted by Crippen LogP contribution is -2.47. The number of hydrogen-bond donors (Lipinski definition) is 2. The summed E-state index contributed by atoms with van der Waals surface area (Å²) < 4.78 is 28.9. The van der Waals surface area contributed by atoms with Crippen molar-refractivity contribution in [3.63, 3.8) is 0 Å². The maximum Gasteiger partial charge on any atom is 0.245 e. The summed E-state index contributed by atoms with van der Waals surface area (Å²) in [5, 5.41) is 0. The van der Waals surface area contributed by atoms with Crippen molar-refractivity contribution in [2.45, 2.75) is 87.5 Å². The zero-order valence-corrected chi connectivity index (χ0v) is 35.9. The summed E-state index contributed by atoms with van der Waals surface area (Å²) in [6, 6.07) is 35.3. The Labute approximate surface area is 372 Å². The zero-order valence-electron chi connectivity index (χ0n) is 35.9. The second kappa shape index (κ2) is 17.2. The third-order valence-corrected chi connectivity index (χ3v) is 14.6. The van der Waals surface area contributed by atoms with Crippen LogP contribution in [0.3, 0.4) is 0 Å². The number of likely N-dealkylation sites (tertiary alicyclic amines) is 4. The molecular weight excluding hydrogens is 807 g/mol. The first kappa shape index (κ1) is 40.8. The Morgan fingerprint density at radius 2 is 1.09 bits per heavy atom. The van der Waals surface area contributed by atoms with Gasteiger partial charge >= 0.3 is 0 Å². The van der Waals surface area contributed by atoms with Crippen LogP contribution in [0.2, 0.25) is 0 Å². The van der Waals surface area contributed by atoms with E-state index in [2.05, 4.69) is 63.4 Å². The van der Waals surface area contributed by atoms with Gasteiger partial charge in [0, 0.05) is 38.8 Å².